The molecule has 1 unspecified atom stereocenters. The van der Waals surface area contributed by atoms with Crippen molar-refractivity contribution in [2.24, 2.45) is 0 Å². The largest absolute Gasteiger partial charge is 0.355 e. The van der Waals surface area contributed by atoms with Crippen LogP contribution in [0.15, 0.2) is 42.7 Å². The Labute approximate surface area is 114 Å². The van der Waals surface area contributed by atoms with E-state index in [1.165, 1.54) is 23.5 Å². The molecule has 1 N–H and O–H groups in total. The first-order valence-electron chi connectivity index (χ1n) is 5.95. The Morgan fingerprint density at radius 2 is 2.21 bits per heavy atom. The van der Waals surface area contributed by atoms with Crippen LogP contribution in [0.25, 0.3) is 10.2 Å². The molecule has 0 amide bonds. The minimum absolute atomic E-state index is 0.110. The number of hydrogen-bond donors (Lipinski definition) is 1. The average Bonchev–Trinajstić information content (AvgIpc) is 2.81. The molecule has 5 heteroatoms. The number of nitrogens with one attached hydrogen (secondary N) is 1. The summed E-state index contributed by atoms with van der Waals surface area (Å²) in [7, 11) is 0. The van der Waals surface area contributed by atoms with Crippen molar-refractivity contribution in [1.29, 1.82) is 0 Å². The predicted molar refractivity (Wildman–Crippen MR) is 75.9 cm³/mol. The standard InChI is InChI=1S/C14H12FN3S/c1-9(10-3-2-6-16-8-10)17-14-18-12-7-11(15)4-5-13(12)19-14/h2-9H,1H3,(H,17,18). The Morgan fingerprint density at radius 3 is 3.00 bits per heavy atom. The summed E-state index contributed by atoms with van der Waals surface area (Å²) in [6, 6.07) is 8.68. The SMILES string of the molecule is CC(Nc1nc2cc(F)ccc2s1)c1cccnc1. The molecular weight excluding hydrogens is 261 g/mol. The van der Waals surface area contributed by atoms with E-state index in [0.29, 0.717) is 5.52 Å². The molecule has 0 saturated carbocycles. The van der Waals surface area contributed by atoms with Crippen LogP contribution in [-0.2, 0) is 0 Å². The van der Waals surface area contributed by atoms with Crippen molar-refractivity contribution in [1.82, 2.24) is 9.97 Å². The van der Waals surface area contributed by atoms with Gasteiger partial charge in [-0.3, -0.25) is 4.98 Å². The summed E-state index contributed by atoms with van der Waals surface area (Å²) in [4.78, 5) is 8.48. The number of benzene rings is 1. The third kappa shape index (κ3) is 2.56. The Hall–Kier alpha value is -2.01. The molecule has 96 valence electrons. The minimum Gasteiger partial charge on any atom is -0.355 e. The molecule has 0 bridgehead atoms. The summed E-state index contributed by atoms with van der Waals surface area (Å²) in [5.74, 6) is -0.260. The zero-order chi connectivity index (χ0) is 13.2. The van der Waals surface area contributed by atoms with Crippen molar-refractivity contribution in [2.75, 3.05) is 5.32 Å². The van der Waals surface area contributed by atoms with Crippen molar-refractivity contribution >= 4 is 26.7 Å². The first kappa shape index (κ1) is 12.0. The summed E-state index contributed by atoms with van der Waals surface area (Å²) in [6.07, 6.45) is 3.57. The highest BCUT2D eigenvalue weighted by atomic mass is 32.1. The lowest BCUT2D eigenvalue weighted by Gasteiger charge is -2.12. The third-order valence-electron chi connectivity index (χ3n) is 2.87. The smallest absolute Gasteiger partial charge is 0.184 e. The van der Waals surface area contributed by atoms with Crippen LogP contribution in [-0.4, -0.2) is 9.97 Å². The fraction of sp³-hybridized carbons (Fsp3) is 0.143. The van der Waals surface area contributed by atoms with E-state index in [9.17, 15) is 4.39 Å². The maximum absolute atomic E-state index is 13.1. The van der Waals surface area contributed by atoms with Crippen molar-refractivity contribution in [3.05, 3.63) is 54.1 Å². The van der Waals surface area contributed by atoms with Crippen LogP contribution in [0, 0.1) is 5.82 Å². The molecule has 0 fully saturated rings. The zero-order valence-electron chi connectivity index (χ0n) is 10.3. The zero-order valence-corrected chi connectivity index (χ0v) is 11.1. The second-order valence-corrected chi connectivity index (χ2v) is 5.31. The van der Waals surface area contributed by atoms with Crippen LogP contribution in [0.4, 0.5) is 9.52 Å². The Morgan fingerprint density at radius 1 is 1.32 bits per heavy atom. The molecule has 0 aliphatic rings. The summed E-state index contributed by atoms with van der Waals surface area (Å²) in [5, 5.41) is 4.10. The lowest BCUT2D eigenvalue weighted by Crippen LogP contribution is -2.06. The van der Waals surface area contributed by atoms with Gasteiger partial charge < -0.3 is 5.32 Å². The average molecular weight is 273 g/mol. The molecule has 2 aromatic heterocycles. The van der Waals surface area contributed by atoms with Gasteiger partial charge in [-0.2, -0.15) is 0 Å². The number of fused-ring (bicyclic) bond motifs is 1. The van der Waals surface area contributed by atoms with Crippen molar-refractivity contribution in [3.8, 4) is 0 Å². The van der Waals surface area contributed by atoms with Gasteiger partial charge in [0.1, 0.15) is 5.82 Å². The van der Waals surface area contributed by atoms with E-state index in [0.717, 1.165) is 15.4 Å². The van der Waals surface area contributed by atoms with E-state index in [4.69, 9.17) is 0 Å². The first-order valence-corrected chi connectivity index (χ1v) is 6.76. The summed E-state index contributed by atoms with van der Waals surface area (Å²) in [5.41, 5.74) is 1.78. The monoisotopic (exact) mass is 273 g/mol. The summed E-state index contributed by atoms with van der Waals surface area (Å²) < 4.78 is 14.1. The first-order chi connectivity index (χ1) is 9.22. The molecule has 2 heterocycles. The van der Waals surface area contributed by atoms with E-state index >= 15 is 0 Å². The number of anilines is 1. The van der Waals surface area contributed by atoms with E-state index in [-0.39, 0.29) is 11.9 Å². The number of rotatable bonds is 3. The second kappa shape index (κ2) is 4.93. The number of hydrogen-bond acceptors (Lipinski definition) is 4. The second-order valence-electron chi connectivity index (χ2n) is 4.28. The summed E-state index contributed by atoms with van der Waals surface area (Å²) >= 11 is 1.52. The Balaban J connectivity index is 1.85. The predicted octanol–water partition coefficient (Wildman–Crippen LogP) is 4.00. The molecule has 19 heavy (non-hydrogen) atoms. The van der Waals surface area contributed by atoms with Crippen molar-refractivity contribution < 1.29 is 4.39 Å². The van der Waals surface area contributed by atoms with Crippen LogP contribution in [0.5, 0.6) is 0 Å². The molecule has 0 spiro atoms. The van der Waals surface area contributed by atoms with E-state index in [2.05, 4.69) is 15.3 Å². The maximum atomic E-state index is 13.1. The topological polar surface area (TPSA) is 37.8 Å². The third-order valence-corrected chi connectivity index (χ3v) is 3.84. The lowest BCUT2D eigenvalue weighted by molar-refractivity contribution is 0.629. The fourth-order valence-electron chi connectivity index (χ4n) is 1.86. The Kier molecular flexibility index (Phi) is 3.13. The van der Waals surface area contributed by atoms with Gasteiger partial charge in [0, 0.05) is 18.5 Å². The highest BCUT2D eigenvalue weighted by Gasteiger charge is 2.09. The molecule has 3 rings (SSSR count). The van der Waals surface area contributed by atoms with Gasteiger partial charge in [-0.1, -0.05) is 17.4 Å². The molecule has 3 aromatic rings. The van der Waals surface area contributed by atoms with Crippen LogP contribution in [0.1, 0.15) is 18.5 Å². The van der Waals surface area contributed by atoms with Crippen molar-refractivity contribution in [3.63, 3.8) is 0 Å². The number of pyridine rings is 1. The van der Waals surface area contributed by atoms with E-state index in [1.807, 2.05) is 25.3 Å². The Bertz CT molecular complexity index is 696. The molecule has 0 saturated heterocycles. The van der Waals surface area contributed by atoms with Gasteiger partial charge in [-0.15, -0.1) is 0 Å². The van der Waals surface area contributed by atoms with Crippen molar-refractivity contribution in [2.45, 2.75) is 13.0 Å². The number of aromatic nitrogens is 2. The van der Waals surface area contributed by atoms with Gasteiger partial charge in [0.15, 0.2) is 5.13 Å². The van der Waals surface area contributed by atoms with Gasteiger partial charge >= 0.3 is 0 Å². The molecule has 0 radical (unpaired) electrons. The molecule has 0 aliphatic heterocycles. The van der Waals surface area contributed by atoms with Gasteiger partial charge in [-0.25, -0.2) is 9.37 Å². The van der Waals surface area contributed by atoms with Crippen LogP contribution >= 0.6 is 11.3 Å². The molecule has 0 aliphatic carbocycles. The maximum Gasteiger partial charge on any atom is 0.184 e. The van der Waals surface area contributed by atoms with Gasteiger partial charge in [0.25, 0.3) is 0 Å². The van der Waals surface area contributed by atoms with E-state index in [1.54, 1.807) is 12.3 Å². The highest BCUT2D eigenvalue weighted by Crippen LogP contribution is 2.28. The van der Waals surface area contributed by atoms with Crippen LogP contribution in [0.3, 0.4) is 0 Å². The number of nitrogens with zero attached hydrogens (tertiary/aromatic N) is 2. The number of halogens is 1. The van der Waals surface area contributed by atoms with Gasteiger partial charge in [0.05, 0.1) is 16.3 Å². The quantitative estimate of drug-likeness (QED) is 0.783. The van der Waals surface area contributed by atoms with Crippen LogP contribution < -0.4 is 5.32 Å². The fourth-order valence-corrected chi connectivity index (χ4v) is 2.80. The molecule has 3 nitrogen and oxygen atoms in total. The molecular formula is C14H12FN3S. The summed E-state index contributed by atoms with van der Waals surface area (Å²) in [6.45, 7) is 2.05. The highest BCUT2D eigenvalue weighted by molar-refractivity contribution is 7.22. The van der Waals surface area contributed by atoms with E-state index < -0.39 is 0 Å². The minimum atomic E-state index is -0.260. The van der Waals surface area contributed by atoms with Crippen LogP contribution in [0.2, 0.25) is 0 Å². The molecule has 1 atom stereocenters. The van der Waals surface area contributed by atoms with Gasteiger partial charge in [0.2, 0.25) is 0 Å². The lowest BCUT2D eigenvalue weighted by atomic mass is 10.1. The van der Waals surface area contributed by atoms with Gasteiger partial charge in [-0.05, 0) is 30.7 Å². The normalized spacial score (nSPS) is 12.5. The number of thiazole rings is 1. The molecule has 1 aromatic carbocycles.